The second kappa shape index (κ2) is 8.55. The molecule has 0 unspecified atom stereocenters. The molecule has 0 aliphatic carbocycles. The van der Waals surface area contributed by atoms with Gasteiger partial charge >= 0.3 is 0 Å². The Hall–Kier alpha value is -2.05. The van der Waals surface area contributed by atoms with E-state index in [2.05, 4.69) is 10.4 Å². The number of nitrogens with zero attached hydrogens (tertiary/aromatic N) is 2. The van der Waals surface area contributed by atoms with Crippen LogP contribution < -0.4 is 10.1 Å². The van der Waals surface area contributed by atoms with Gasteiger partial charge in [-0.2, -0.15) is 5.10 Å². The van der Waals surface area contributed by atoms with Crippen molar-refractivity contribution in [3.8, 4) is 5.75 Å². The number of benzene rings is 1. The highest BCUT2D eigenvalue weighted by Gasteiger charge is 2.09. The summed E-state index contributed by atoms with van der Waals surface area (Å²) in [5, 5.41) is 7.00. The van der Waals surface area contributed by atoms with Gasteiger partial charge in [0.1, 0.15) is 11.4 Å². The molecule has 1 aromatic carbocycles. The van der Waals surface area contributed by atoms with E-state index < -0.39 is 5.24 Å². The third-order valence-electron chi connectivity index (χ3n) is 2.89. The van der Waals surface area contributed by atoms with Crippen molar-refractivity contribution in [1.29, 1.82) is 0 Å². The van der Waals surface area contributed by atoms with E-state index in [1.54, 1.807) is 36.5 Å². The highest BCUT2D eigenvalue weighted by Crippen LogP contribution is 2.15. The Kier molecular flexibility index (Phi) is 6.43. The van der Waals surface area contributed by atoms with Crippen LogP contribution in [0.5, 0.6) is 5.75 Å². The number of hydrogen-bond donors (Lipinski definition) is 1. The number of hydrogen-bond acceptors (Lipinski definition) is 4. The average Bonchev–Trinajstić information content (AvgIpc) is 3.00. The van der Waals surface area contributed by atoms with Gasteiger partial charge in [0, 0.05) is 24.2 Å². The molecule has 1 amide bonds. The smallest absolute Gasteiger partial charge is 0.271 e. The number of aromatic nitrogens is 2. The maximum atomic E-state index is 11.9. The van der Waals surface area contributed by atoms with E-state index in [0.29, 0.717) is 23.7 Å². The van der Waals surface area contributed by atoms with E-state index in [1.807, 2.05) is 0 Å². The number of rotatable bonds is 8. The topological polar surface area (TPSA) is 73.2 Å². The normalized spacial score (nSPS) is 10.3. The number of halogens is 2. The fraction of sp³-hybridized carbons (Fsp3) is 0.267. The molecule has 0 radical (unpaired) electrons. The van der Waals surface area contributed by atoms with Crippen molar-refractivity contribution in [3.63, 3.8) is 0 Å². The Morgan fingerprint density at radius 1 is 1.22 bits per heavy atom. The molecule has 1 heterocycles. The standard InChI is InChI=1S/C15H15Cl2N3O3/c16-11-3-5-12(6-4-11)23-10-20-9-7-13(19-20)15(22)18-8-1-2-14(17)21/h3-7,9H,1-2,8,10H2,(H,18,22). The molecule has 2 rings (SSSR count). The molecule has 0 aliphatic heterocycles. The van der Waals surface area contributed by atoms with Crippen LogP contribution in [0.3, 0.4) is 0 Å². The van der Waals surface area contributed by atoms with E-state index in [9.17, 15) is 9.59 Å². The first kappa shape index (κ1) is 17.3. The van der Waals surface area contributed by atoms with Crippen LogP contribution in [-0.2, 0) is 11.5 Å². The van der Waals surface area contributed by atoms with Gasteiger partial charge in [0.2, 0.25) is 5.24 Å². The van der Waals surface area contributed by atoms with Crippen LogP contribution in [0, 0.1) is 0 Å². The lowest BCUT2D eigenvalue weighted by Crippen LogP contribution is -2.25. The quantitative estimate of drug-likeness (QED) is 0.583. The molecule has 1 N–H and O–H groups in total. The maximum absolute atomic E-state index is 11.9. The SMILES string of the molecule is O=C(Cl)CCCNC(=O)c1ccn(COc2ccc(Cl)cc2)n1. The first-order valence-electron chi connectivity index (χ1n) is 6.93. The zero-order valence-electron chi connectivity index (χ0n) is 12.2. The Balaban J connectivity index is 1.79. The zero-order chi connectivity index (χ0) is 16.7. The molecule has 0 fully saturated rings. The molecule has 0 saturated carbocycles. The predicted octanol–water partition coefficient (Wildman–Crippen LogP) is 2.85. The van der Waals surface area contributed by atoms with Gasteiger partial charge in [-0.25, -0.2) is 4.68 Å². The fourth-order valence-electron chi connectivity index (χ4n) is 1.75. The minimum atomic E-state index is -0.414. The number of nitrogens with one attached hydrogen (secondary N) is 1. The van der Waals surface area contributed by atoms with Crippen molar-refractivity contribution in [3.05, 3.63) is 47.2 Å². The molecule has 122 valence electrons. The van der Waals surface area contributed by atoms with Crippen molar-refractivity contribution in [2.75, 3.05) is 6.54 Å². The molecular weight excluding hydrogens is 341 g/mol. The summed E-state index contributed by atoms with van der Waals surface area (Å²) >= 11 is 11.0. The van der Waals surface area contributed by atoms with E-state index in [-0.39, 0.29) is 24.8 Å². The number of ether oxygens (including phenoxy) is 1. The van der Waals surface area contributed by atoms with Crippen LogP contribution in [0.15, 0.2) is 36.5 Å². The molecule has 6 nitrogen and oxygen atoms in total. The highest BCUT2D eigenvalue weighted by molar-refractivity contribution is 6.63. The summed E-state index contributed by atoms with van der Waals surface area (Å²) < 4.78 is 7.03. The first-order chi connectivity index (χ1) is 11.0. The van der Waals surface area contributed by atoms with Crippen molar-refractivity contribution < 1.29 is 14.3 Å². The highest BCUT2D eigenvalue weighted by atomic mass is 35.5. The molecule has 23 heavy (non-hydrogen) atoms. The summed E-state index contributed by atoms with van der Waals surface area (Å²) in [6.07, 6.45) is 2.37. The molecule has 0 spiro atoms. The second-order valence-electron chi connectivity index (χ2n) is 4.68. The third-order valence-corrected chi connectivity index (χ3v) is 3.33. The van der Waals surface area contributed by atoms with Crippen molar-refractivity contribution in [2.24, 2.45) is 0 Å². The van der Waals surface area contributed by atoms with Gasteiger partial charge in [-0.15, -0.1) is 0 Å². The largest absolute Gasteiger partial charge is 0.471 e. The van der Waals surface area contributed by atoms with Crippen LogP contribution in [0.2, 0.25) is 5.02 Å². The van der Waals surface area contributed by atoms with Gasteiger partial charge in [0.25, 0.3) is 5.91 Å². The van der Waals surface area contributed by atoms with Crippen LogP contribution in [0.25, 0.3) is 0 Å². The Morgan fingerprint density at radius 2 is 1.96 bits per heavy atom. The third kappa shape index (κ3) is 5.92. The van der Waals surface area contributed by atoms with Gasteiger partial charge in [-0.05, 0) is 48.4 Å². The van der Waals surface area contributed by atoms with E-state index in [1.165, 1.54) is 4.68 Å². The molecule has 0 atom stereocenters. The lowest BCUT2D eigenvalue weighted by atomic mass is 10.3. The number of carbonyl (C=O) groups is 2. The fourth-order valence-corrected chi connectivity index (χ4v) is 2.01. The van der Waals surface area contributed by atoms with Gasteiger partial charge in [0.05, 0.1) is 0 Å². The molecule has 0 saturated heterocycles. The maximum Gasteiger partial charge on any atom is 0.271 e. The van der Waals surface area contributed by atoms with E-state index in [0.717, 1.165) is 0 Å². The second-order valence-corrected chi connectivity index (χ2v) is 5.54. The van der Waals surface area contributed by atoms with Crippen LogP contribution >= 0.6 is 23.2 Å². The Bertz CT molecular complexity index is 671. The van der Waals surface area contributed by atoms with Crippen molar-refractivity contribution in [2.45, 2.75) is 19.6 Å². The zero-order valence-corrected chi connectivity index (χ0v) is 13.7. The van der Waals surface area contributed by atoms with Gasteiger partial charge in [-0.3, -0.25) is 9.59 Å². The lowest BCUT2D eigenvalue weighted by molar-refractivity contribution is -0.111. The summed E-state index contributed by atoms with van der Waals surface area (Å²) in [5.74, 6) is 0.346. The Labute approximate surface area is 143 Å². The van der Waals surface area contributed by atoms with Gasteiger partial charge < -0.3 is 10.1 Å². The van der Waals surface area contributed by atoms with E-state index in [4.69, 9.17) is 27.9 Å². The number of amides is 1. The van der Waals surface area contributed by atoms with Gasteiger partial charge in [0.15, 0.2) is 6.73 Å². The minimum absolute atomic E-state index is 0.176. The van der Waals surface area contributed by atoms with Gasteiger partial charge in [-0.1, -0.05) is 11.6 Å². The van der Waals surface area contributed by atoms with Crippen molar-refractivity contribution >= 4 is 34.4 Å². The average molecular weight is 356 g/mol. The molecule has 1 aromatic heterocycles. The molecule has 0 bridgehead atoms. The minimum Gasteiger partial charge on any atom is -0.471 e. The molecule has 2 aromatic rings. The molecule has 8 heteroatoms. The summed E-state index contributed by atoms with van der Waals surface area (Å²) in [4.78, 5) is 22.4. The van der Waals surface area contributed by atoms with Crippen LogP contribution in [-0.4, -0.2) is 27.5 Å². The predicted molar refractivity (Wildman–Crippen MR) is 86.7 cm³/mol. The molecule has 0 aliphatic rings. The van der Waals surface area contributed by atoms with Crippen LogP contribution in [0.1, 0.15) is 23.3 Å². The number of carbonyl (C=O) groups excluding carboxylic acids is 2. The van der Waals surface area contributed by atoms with E-state index >= 15 is 0 Å². The van der Waals surface area contributed by atoms with Crippen molar-refractivity contribution in [1.82, 2.24) is 15.1 Å². The molecular formula is C15H15Cl2N3O3. The summed E-state index contributed by atoms with van der Waals surface area (Å²) in [5.41, 5.74) is 0.280. The monoisotopic (exact) mass is 355 g/mol. The first-order valence-corrected chi connectivity index (χ1v) is 7.68. The summed E-state index contributed by atoms with van der Waals surface area (Å²) in [7, 11) is 0. The summed E-state index contributed by atoms with van der Waals surface area (Å²) in [6.45, 7) is 0.543. The lowest BCUT2D eigenvalue weighted by Gasteiger charge is -2.06. The summed E-state index contributed by atoms with van der Waals surface area (Å²) in [6, 6.07) is 8.54. The Morgan fingerprint density at radius 3 is 2.65 bits per heavy atom. The van der Waals surface area contributed by atoms with Crippen LogP contribution in [0.4, 0.5) is 0 Å².